The van der Waals surface area contributed by atoms with Crippen molar-refractivity contribution in [3.8, 4) is 0 Å². The number of sulfonamides is 1. The van der Waals surface area contributed by atoms with Gasteiger partial charge in [-0.25, -0.2) is 17.5 Å². The van der Waals surface area contributed by atoms with E-state index < -0.39 is 20.7 Å². The second-order valence-electron chi connectivity index (χ2n) is 6.10. The number of hydrogen-bond donors (Lipinski definition) is 1. The zero-order valence-electron chi connectivity index (χ0n) is 14.1. The van der Waals surface area contributed by atoms with E-state index in [4.69, 9.17) is 16.3 Å². The molecule has 3 rings (SSSR count). The summed E-state index contributed by atoms with van der Waals surface area (Å²) in [6, 6.07) is 11.2. The molecule has 0 spiro atoms. The first-order valence-corrected chi connectivity index (χ1v) is 10.1. The molecule has 0 aromatic heterocycles. The van der Waals surface area contributed by atoms with Gasteiger partial charge in [0.15, 0.2) is 0 Å². The van der Waals surface area contributed by atoms with Crippen molar-refractivity contribution >= 4 is 21.6 Å². The second-order valence-corrected chi connectivity index (χ2v) is 8.28. The van der Waals surface area contributed by atoms with Crippen LogP contribution >= 0.6 is 11.6 Å². The molecule has 1 fully saturated rings. The van der Waals surface area contributed by atoms with E-state index in [1.165, 1.54) is 6.07 Å². The molecule has 5 nitrogen and oxygen atoms in total. The van der Waals surface area contributed by atoms with Gasteiger partial charge >= 0.3 is 0 Å². The molecule has 1 saturated heterocycles. The Kier molecular flexibility index (Phi) is 6.26. The first-order valence-electron chi connectivity index (χ1n) is 8.27. The molecule has 0 aliphatic carbocycles. The van der Waals surface area contributed by atoms with Crippen LogP contribution in [0.3, 0.4) is 0 Å². The minimum absolute atomic E-state index is 0.0855. The van der Waals surface area contributed by atoms with Crippen molar-refractivity contribution < 1.29 is 17.5 Å². The molecular formula is C18H20ClFN2O3S. The van der Waals surface area contributed by atoms with Gasteiger partial charge in [0.05, 0.1) is 13.2 Å². The van der Waals surface area contributed by atoms with Gasteiger partial charge < -0.3 is 4.74 Å². The number of benzene rings is 2. The van der Waals surface area contributed by atoms with Crippen LogP contribution < -0.4 is 4.72 Å². The van der Waals surface area contributed by atoms with Gasteiger partial charge in [0.1, 0.15) is 10.7 Å². The Morgan fingerprint density at radius 2 is 1.73 bits per heavy atom. The standard InChI is InChI=1S/C18H20ClFN2O3S/c19-16-5-6-18(17(20)11-16)26(23,24)21-12-14-1-3-15(4-2-14)13-22-7-9-25-10-8-22/h1-6,11,21H,7-10,12-13H2. The lowest BCUT2D eigenvalue weighted by Crippen LogP contribution is -2.35. The molecule has 8 heteroatoms. The van der Waals surface area contributed by atoms with E-state index in [0.717, 1.165) is 56.1 Å². The number of nitrogens with one attached hydrogen (secondary N) is 1. The smallest absolute Gasteiger partial charge is 0.243 e. The summed E-state index contributed by atoms with van der Waals surface area (Å²) < 4.78 is 46.1. The topological polar surface area (TPSA) is 58.6 Å². The zero-order valence-corrected chi connectivity index (χ0v) is 15.7. The van der Waals surface area contributed by atoms with Crippen LogP contribution in [0.4, 0.5) is 4.39 Å². The van der Waals surface area contributed by atoms with Crippen LogP contribution in [0.15, 0.2) is 47.4 Å². The minimum Gasteiger partial charge on any atom is -0.379 e. The van der Waals surface area contributed by atoms with Gasteiger partial charge in [0.25, 0.3) is 0 Å². The number of morpholine rings is 1. The van der Waals surface area contributed by atoms with Crippen LogP contribution in [0, 0.1) is 5.82 Å². The average Bonchev–Trinajstić information content (AvgIpc) is 2.62. The van der Waals surface area contributed by atoms with E-state index in [9.17, 15) is 12.8 Å². The lowest BCUT2D eigenvalue weighted by atomic mass is 10.1. The van der Waals surface area contributed by atoms with E-state index in [-0.39, 0.29) is 11.6 Å². The molecule has 0 saturated carbocycles. The highest BCUT2D eigenvalue weighted by Crippen LogP contribution is 2.19. The van der Waals surface area contributed by atoms with Crippen molar-refractivity contribution in [2.75, 3.05) is 26.3 Å². The van der Waals surface area contributed by atoms with Gasteiger partial charge in [-0.2, -0.15) is 0 Å². The number of nitrogens with zero attached hydrogens (tertiary/aromatic N) is 1. The Bertz CT molecular complexity index is 853. The quantitative estimate of drug-likeness (QED) is 0.812. The van der Waals surface area contributed by atoms with Gasteiger partial charge in [-0.1, -0.05) is 35.9 Å². The third kappa shape index (κ3) is 5.02. The normalized spacial score (nSPS) is 15.9. The van der Waals surface area contributed by atoms with Crippen molar-refractivity contribution in [1.29, 1.82) is 0 Å². The molecule has 0 atom stereocenters. The number of ether oxygens (including phenoxy) is 1. The van der Waals surface area contributed by atoms with Crippen LogP contribution in [-0.2, 0) is 27.8 Å². The zero-order chi connectivity index (χ0) is 18.6. The van der Waals surface area contributed by atoms with Crippen molar-refractivity contribution in [3.63, 3.8) is 0 Å². The van der Waals surface area contributed by atoms with Crippen LogP contribution in [0.2, 0.25) is 5.02 Å². The maximum Gasteiger partial charge on any atom is 0.243 e. The summed E-state index contributed by atoms with van der Waals surface area (Å²) >= 11 is 5.66. The minimum atomic E-state index is -3.94. The Morgan fingerprint density at radius 1 is 1.08 bits per heavy atom. The first-order chi connectivity index (χ1) is 12.4. The van der Waals surface area contributed by atoms with Crippen molar-refractivity contribution in [1.82, 2.24) is 9.62 Å². The highest BCUT2D eigenvalue weighted by atomic mass is 35.5. The molecule has 0 radical (unpaired) electrons. The fourth-order valence-electron chi connectivity index (χ4n) is 2.73. The maximum absolute atomic E-state index is 13.8. The second kappa shape index (κ2) is 8.45. The van der Waals surface area contributed by atoms with Crippen molar-refractivity contribution in [3.05, 3.63) is 64.4 Å². The summed E-state index contributed by atoms with van der Waals surface area (Å²) in [5, 5.41) is 0.150. The Labute approximate surface area is 157 Å². The van der Waals surface area contributed by atoms with Gasteiger partial charge in [-0.05, 0) is 29.3 Å². The molecule has 1 heterocycles. The van der Waals surface area contributed by atoms with Crippen molar-refractivity contribution in [2.45, 2.75) is 18.0 Å². The van der Waals surface area contributed by atoms with Gasteiger partial charge in [0.2, 0.25) is 10.0 Å². The van der Waals surface area contributed by atoms with Gasteiger partial charge in [-0.15, -0.1) is 0 Å². The molecule has 0 bridgehead atoms. The molecule has 0 unspecified atom stereocenters. The van der Waals surface area contributed by atoms with E-state index >= 15 is 0 Å². The number of halogens is 2. The lowest BCUT2D eigenvalue weighted by Gasteiger charge is -2.26. The van der Waals surface area contributed by atoms with E-state index in [0.29, 0.717) is 0 Å². The Morgan fingerprint density at radius 3 is 2.38 bits per heavy atom. The molecule has 1 aliphatic rings. The molecule has 26 heavy (non-hydrogen) atoms. The van der Waals surface area contributed by atoms with Crippen LogP contribution in [0.1, 0.15) is 11.1 Å². The molecule has 1 aliphatic heterocycles. The number of hydrogen-bond acceptors (Lipinski definition) is 4. The summed E-state index contributed by atoms with van der Waals surface area (Å²) in [6.45, 7) is 4.25. The molecule has 140 valence electrons. The maximum atomic E-state index is 13.8. The van der Waals surface area contributed by atoms with E-state index in [1.54, 1.807) is 0 Å². The monoisotopic (exact) mass is 398 g/mol. The molecule has 2 aromatic carbocycles. The average molecular weight is 399 g/mol. The third-order valence-electron chi connectivity index (χ3n) is 4.18. The van der Waals surface area contributed by atoms with Crippen LogP contribution in [-0.4, -0.2) is 39.6 Å². The lowest BCUT2D eigenvalue weighted by molar-refractivity contribution is 0.0342. The van der Waals surface area contributed by atoms with Crippen LogP contribution in [0.5, 0.6) is 0 Å². The predicted octanol–water partition coefficient (Wildman–Crippen LogP) is 2.79. The summed E-state index contributed by atoms with van der Waals surface area (Å²) in [6.07, 6.45) is 0. The van der Waals surface area contributed by atoms with Gasteiger partial charge in [0, 0.05) is 31.2 Å². The fraction of sp³-hybridized carbons (Fsp3) is 0.333. The van der Waals surface area contributed by atoms with Crippen molar-refractivity contribution in [2.24, 2.45) is 0 Å². The van der Waals surface area contributed by atoms with Crippen LogP contribution in [0.25, 0.3) is 0 Å². The predicted molar refractivity (Wildman–Crippen MR) is 98.0 cm³/mol. The Hall–Kier alpha value is -1.51. The summed E-state index contributed by atoms with van der Waals surface area (Å²) in [7, 11) is -3.94. The molecule has 1 N–H and O–H groups in total. The van der Waals surface area contributed by atoms with Gasteiger partial charge in [-0.3, -0.25) is 4.90 Å². The fourth-order valence-corrected chi connectivity index (χ4v) is 3.96. The largest absolute Gasteiger partial charge is 0.379 e. The third-order valence-corrected chi connectivity index (χ3v) is 5.85. The summed E-state index contributed by atoms with van der Waals surface area (Å²) in [5.41, 5.74) is 1.95. The number of rotatable bonds is 6. The summed E-state index contributed by atoms with van der Waals surface area (Å²) in [4.78, 5) is 1.90. The molecule has 2 aromatic rings. The highest BCUT2D eigenvalue weighted by molar-refractivity contribution is 7.89. The summed E-state index contributed by atoms with van der Waals surface area (Å²) in [5.74, 6) is -0.870. The Balaban J connectivity index is 1.60. The van der Waals surface area contributed by atoms with E-state index in [2.05, 4.69) is 9.62 Å². The SMILES string of the molecule is O=S(=O)(NCc1ccc(CN2CCOCC2)cc1)c1ccc(Cl)cc1F. The molecule has 0 amide bonds. The highest BCUT2D eigenvalue weighted by Gasteiger charge is 2.19. The molecular weight excluding hydrogens is 379 g/mol. The van der Waals surface area contributed by atoms with E-state index in [1.807, 2.05) is 24.3 Å². The first kappa shape index (κ1) is 19.3.